The van der Waals surface area contributed by atoms with E-state index in [1.807, 2.05) is 0 Å². The van der Waals surface area contributed by atoms with Crippen LogP contribution < -0.4 is 11.1 Å². The second-order valence-corrected chi connectivity index (χ2v) is 8.05. The quantitative estimate of drug-likeness (QED) is 0.792. The van der Waals surface area contributed by atoms with E-state index in [4.69, 9.17) is 5.73 Å². The normalized spacial score (nSPS) is 16.5. The molecule has 0 aliphatic heterocycles. The van der Waals surface area contributed by atoms with Gasteiger partial charge in [-0.15, -0.1) is 0 Å². The van der Waals surface area contributed by atoms with Gasteiger partial charge in [-0.3, -0.25) is 0 Å². The molecule has 1 aliphatic rings. The molecule has 0 unspecified atom stereocenters. The van der Waals surface area contributed by atoms with Crippen LogP contribution >= 0.6 is 0 Å². The minimum atomic E-state index is -3.42. The van der Waals surface area contributed by atoms with E-state index in [-0.39, 0.29) is 4.90 Å². The van der Waals surface area contributed by atoms with Gasteiger partial charge in [0.15, 0.2) is 0 Å². The van der Waals surface area contributed by atoms with Crippen LogP contribution in [0.3, 0.4) is 0 Å². The fourth-order valence-corrected chi connectivity index (χ4v) is 3.70. The fraction of sp³-hybridized carbons (Fsp3) is 0.600. The molecule has 0 heterocycles. The van der Waals surface area contributed by atoms with Crippen molar-refractivity contribution in [1.29, 1.82) is 0 Å². The molecular weight excluding hydrogens is 286 g/mol. The highest BCUT2D eigenvalue weighted by Crippen LogP contribution is 2.28. The lowest BCUT2D eigenvalue weighted by molar-refractivity contribution is 0.518. The van der Waals surface area contributed by atoms with Gasteiger partial charge in [-0.1, -0.05) is 25.7 Å². The van der Waals surface area contributed by atoms with Crippen LogP contribution in [0.4, 0.5) is 11.4 Å². The molecule has 5 nitrogen and oxygen atoms in total. The maximum Gasteiger partial charge on any atom is 0.242 e. The van der Waals surface area contributed by atoms with Gasteiger partial charge in [0.2, 0.25) is 10.0 Å². The summed E-state index contributed by atoms with van der Waals surface area (Å²) in [7, 11) is -0.366. The van der Waals surface area contributed by atoms with Gasteiger partial charge in [0.05, 0.1) is 16.3 Å². The van der Waals surface area contributed by atoms with E-state index >= 15 is 0 Å². The number of nitrogens with one attached hydrogen (secondary N) is 1. The molecular formula is C15H25N3O2S. The monoisotopic (exact) mass is 311 g/mol. The lowest BCUT2D eigenvalue weighted by Crippen LogP contribution is -2.22. The lowest BCUT2D eigenvalue weighted by Gasteiger charge is -2.15. The third-order valence-corrected chi connectivity index (χ3v) is 5.96. The average Bonchev–Trinajstić information content (AvgIpc) is 2.93. The van der Waals surface area contributed by atoms with Crippen LogP contribution in [0, 0.1) is 5.92 Å². The van der Waals surface area contributed by atoms with Gasteiger partial charge >= 0.3 is 0 Å². The highest BCUT2D eigenvalue weighted by atomic mass is 32.2. The zero-order valence-electron chi connectivity index (χ0n) is 12.8. The molecule has 0 saturated heterocycles. The average molecular weight is 311 g/mol. The molecule has 0 atom stereocenters. The molecule has 1 aromatic rings. The first kappa shape index (κ1) is 16.1. The predicted molar refractivity (Wildman–Crippen MR) is 86.8 cm³/mol. The topological polar surface area (TPSA) is 75.4 Å². The SMILES string of the molecule is CN(C)S(=O)(=O)c1ccc(N)c(NCCC2CCCC2)c1. The van der Waals surface area contributed by atoms with Gasteiger partial charge in [0.25, 0.3) is 0 Å². The summed E-state index contributed by atoms with van der Waals surface area (Å²) in [4.78, 5) is 0.269. The zero-order valence-corrected chi connectivity index (χ0v) is 13.6. The Kier molecular flexibility index (Phi) is 5.11. The number of benzene rings is 1. The molecule has 0 amide bonds. The van der Waals surface area contributed by atoms with Crippen LogP contribution in [-0.4, -0.2) is 33.4 Å². The van der Waals surface area contributed by atoms with Crippen molar-refractivity contribution >= 4 is 21.4 Å². The van der Waals surface area contributed by atoms with Crippen LogP contribution in [0.1, 0.15) is 32.1 Å². The van der Waals surface area contributed by atoms with Crippen molar-refractivity contribution in [3.8, 4) is 0 Å². The summed E-state index contributed by atoms with van der Waals surface area (Å²) in [5.74, 6) is 0.799. The largest absolute Gasteiger partial charge is 0.397 e. The molecule has 21 heavy (non-hydrogen) atoms. The second kappa shape index (κ2) is 6.66. The van der Waals surface area contributed by atoms with Gasteiger partial charge in [-0.25, -0.2) is 12.7 Å². The summed E-state index contributed by atoms with van der Waals surface area (Å²) in [5, 5.41) is 3.28. The summed E-state index contributed by atoms with van der Waals surface area (Å²) in [5.41, 5.74) is 7.22. The molecule has 0 bridgehead atoms. The summed E-state index contributed by atoms with van der Waals surface area (Å²) in [6, 6.07) is 4.82. The number of hydrogen-bond acceptors (Lipinski definition) is 4. The number of nitrogens with zero attached hydrogens (tertiary/aromatic N) is 1. The number of anilines is 2. The van der Waals surface area contributed by atoms with Gasteiger partial charge in [-0.2, -0.15) is 0 Å². The van der Waals surface area contributed by atoms with Crippen LogP contribution in [0.5, 0.6) is 0 Å². The Hall–Kier alpha value is -1.27. The molecule has 1 aromatic carbocycles. The number of hydrogen-bond donors (Lipinski definition) is 2. The molecule has 0 radical (unpaired) electrons. The van der Waals surface area contributed by atoms with Crippen molar-refractivity contribution in [1.82, 2.24) is 4.31 Å². The van der Waals surface area contributed by atoms with E-state index in [1.165, 1.54) is 44.1 Å². The molecule has 1 aliphatic carbocycles. The Bertz CT molecular complexity index is 579. The lowest BCUT2D eigenvalue weighted by atomic mass is 10.0. The summed E-state index contributed by atoms with van der Waals surface area (Å²) >= 11 is 0. The summed E-state index contributed by atoms with van der Waals surface area (Å²) in [6.45, 7) is 0.834. The van der Waals surface area contributed by atoms with Crippen molar-refractivity contribution in [2.75, 3.05) is 31.7 Å². The van der Waals surface area contributed by atoms with E-state index < -0.39 is 10.0 Å². The zero-order chi connectivity index (χ0) is 15.5. The molecule has 1 saturated carbocycles. The van der Waals surface area contributed by atoms with E-state index in [9.17, 15) is 8.42 Å². The number of nitrogens with two attached hydrogens (primary N) is 1. The Morgan fingerprint density at radius 2 is 1.95 bits per heavy atom. The van der Waals surface area contributed by atoms with Crippen LogP contribution in [0.25, 0.3) is 0 Å². The van der Waals surface area contributed by atoms with Crippen LogP contribution in [0.2, 0.25) is 0 Å². The Labute approximate surface area is 127 Å². The van der Waals surface area contributed by atoms with Crippen molar-refractivity contribution in [2.45, 2.75) is 37.0 Å². The van der Waals surface area contributed by atoms with Gasteiger partial charge < -0.3 is 11.1 Å². The van der Waals surface area contributed by atoms with Crippen molar-refractivity contribution in [3.63, 3.8) is 0 Å². The number of nitrogen functional groups attached to an aromatic ring is 1. The Morgan fingerprint density at radius 3 is 2.57 bits per heavy atom. The maximum atomic E-state index is 12.1. The number of sulfonamides is 1. The first-order chi connectivity index (χ1) is 9.91. The Morgan fingerprint density at radius 1 is 1.29 bits per heavy atom. The molecule has 1 fully saturated rings. The third-order valence-electron chi connectivity index (χ3n) is 4.15. The number of rotatable bonds is 6. The van der Waals surface area contributed by atoms with E-state index in [0.717, 1.165) is 18.9 Å². The molecule has 3 N–H and O–H groups in total. The second-order valence-electron chi connectivity index (χ2n) is 5.90. The van der Waals surface area contributed by atoms with Crippen LogP contribution in [-0.2, 0) is 10.0 Å². The predicted octanol–water partition coefficient (Wildman–Crippen LogP) is 2.51. The minimum Gasteiger partial charge on any atom is -0.397 e. The van der Waals surface area contributed by atoms with Gasteiger partial charge in [0, 0.05) is 20.6 Å². The van der Waals surface area contributed by atoms with Crippen LogP contribution in [0.15, 0.2) is 23.1 Å². The van der Waals surface area contributed by atoms with Gasteiger partial charge in [0.1, 0.15) is 0 Å². The molecule has 6 heteroatoms. The Balaban J connectivity index is 2.05. The van der Waals surface area contributed by atoms with Gasteiger partial charge in [-0.05, 0) is 30.5 Å². The third kappa shape index (κ3) is 3.89. The smallest absolute Gasteiger partial charge is 0.242 e. The fourth-order valence-electron chi connectivity index (χ4n) is 2.77. The van der Waals surface area contributed by atoms with E-state index in [2.05, 4.69) is 5.32 Å². The van der Waals surface area contributed by atoms with E-state index in [0.29, 0.717) is 11.4 Å². The first-order valence-corrected chi connectivity index (χ1v) is 8.91. The van der Waals surface area contributed by atoms with E-state index in [1.54, 1.807) is 18.2 Å². The highest BCUT2D eigenvalue weighted by Gasteiger charge is 2.18. The summed E-state index contributed by atoms with van der Waals surface area (Å²) < 4.78 is 25.5. The highest BCUT2D eigenvalue weighted by molar-refractivity contribution is 7.89. The molecule has 118 valence electrons. The van der Waals surface area contributed by atoms with Crippen molar-refractivity contribution in [3.05, 3.63) is 18.2 Å². The molecule has 0 spiro atoms. The summed E-state index contributed by atoms with van der Waals surface area (Å²) in [6.07, 6.45) is 6.41. The van der Waals surface area contributed by atoms with Crippen molar-refractivity contribution < 1.29 is 8.42 Å². The standard InChI is InChI=1S/C15H25N3O2S/c1-18(2)21(19,20)13-7-8-14(16)15(11-13)17-10-9-12-5-3-4-6-12/h7-8,11-12,17H,3-6,9-10,16H2,1-2H3. The van der Waals surface area contributed by atoms with Crippen molar-refractivity contribution in [2.24, 2.45) is 5.92 Å². The molecule has 2 rings (SSSR count). The first-order valence-electron chi connectivity index (χ1n) is 7.47. The molecule has 0 aromatic heterocycles. The maximum absolute atomic E-state index is 12.1. The minimum absolute atomic E-state index is 0.269.